The van der Waals surface area contributed by atoms with Crippen LogP contribution >= 0.6 is 0 Å². The molecule has 64 valence electrons. The molecule has 0 saturated carbocycles. The summed E-state index contributed by atoms with van der Waals surface area (Å²) in [5, 5.41) is 9.81. The van der Waals surface area contributed by atoms with Gasteiger partial charge in [0.25, 0.3) is 0 Å². The number of rotatable bonds is 0. The Morgan fingerprint density at radius 1 is 1.36 bits per heavy atom. The van der Waals surface area contributed by atoms with Gasteiger partial charge in [-0.15, -0.1) is 0 Å². The molecule has 1 atom stereocenters. The van der Waals surface area contributed by atoms with E-state index in [1.807, 2.05) is 0 Å². The van der Waals surface area contributed by atoms with Gasteiger partial charge in [0.15, 0.2) is 0 Å². The normalized spacial score (nSPS) is 56.5. The maximum atomic E-state index is 9.81. The smallest absolute Gasteiger partial charge is 0.109 e. The Morgan fingerprint density at radius 3 is 2.27 bits per heavy atom. The minimum Gasteiger partial charge on any atom is -0.387 e. The highest BCUT2D eigenvalue weighted by Crippen LogP contribution is 2.42. The highest BCUT2D eigenvalue weighted by molar-refractivity contribution is 4.89. The Kier molecular flexibility index (Phi) is 1.37. The zero-order valence-electron chi connectivity index (χ0n) is 7.51. The molecule has 1 N–H and O–H groups in total. The minimum atomic E-state index is -0.0463. The molecule has 0 aromatic heterocycles. The number of nitrogens with zero attached hydrogens (tertiary/aromatic N) is 1. The van der Waals surface area contributed by atoms with Gasteiger partial charge in [-0.05, 0) is 0 Å². The second kappa shape index (κ2) is 1.99. The van der Waals surface area contributed by atoms with Crippen molar-refractivity contribution in [3.05, 3.63) is 0 Å². The summed E-state index contributed by atoms with van der Waals surface area (Å²) >= 11 is 0. The molecular formula is C9H18NO+. The van der Waals surface area contributed by atoms with Crippen molar-refractivity contribution < 1.29 is 9.59 Å². The molecule has 0 aliphatic carbocycles. The standard InChI is InChI=1S/C9H18NO/c1-9-3-5-10(2,6-4-9)7-8(9)11/h8,11H,3-7H2,1-2H3/q+1. The second-order valence-electron chi connectivity index (χ2n) is 4.92. The lowest BCUT2D eigenvalue weighted by Gasteiger charge is -2.54. The molecule has 2 nitrogen and oxygen atoms in total. The van der Waals surface area contributed by atoms with E-state index in [1.54, 1.807) is 0 Å². The summed E-state index contributed by atoms with van der Waals surface area (Å²) in [6.45, 7) is 5.76. The average molecular weight is 156 g/mol. The summed E-state index contributed by atoms with van der Waals surface area (Å²) in [6, 6.07) is 0. The Bertz CT molecular complexity index is 170. The van der Waals surface area contributed by atoms with Crippen LogP contribution in [0.3, 0.4) is 0 Å². The van der Waals surface area contributed by atoms with Gasteiger partial charge in [0.2, 0.25) is 0 Å². The molecule has 3 rings (SSSR count). The van der Waals surface area contributed by atoms with E-state index in [0.717, 1.165) is 11.0 Å². The van der Waals surface area contributed by atoms with Crippen LogP contribution in [0.1, 0.15) is 19.8 Å². The molecule has 3 saturated heterocycles. The van der Waals surface area contributed by atoms with Crippen molar-refractivity contribution in [2.24, 2.45) is 5.41 Å². The number of likely N-dealkylation sites (N-methyl/N-ethyl adjacent to an activating group) is 1. The molecule has 0 radical (unpaired) electrons. The van der Waals surface area contributed by atoms with Crippen molar-refractivity contribution >= 4 is 0 Å². The Hall–Kier alpha value is -0.0800. The Morgan fingerprint density at radius 2 is 1.91 bits per heavy atom. The van der Waals surface area contributed by atoms with E-state index >= 15 is 0 Å². The monoisotopic (exact) mass is 156 g/mol. The van der Waals surface area contributed by atoms with Crippen LogP contribution in [0, 0.1) is 5.41 Å². The van der Waals surface area contributed by atoms with E-state index in [2.05, 4.69) is 14.0 Å². The summed E-state index contributed by atoms with van der Waals surface area (Å²) in [5.74, 6) is 0. The van der Waals surface area contributed by atoms with Crippen LogP contribution in [0.5, 0.6) is 0 Å². The van der Waals surface area contributed by atoms with Gasteiger partial charge in [-0.2, -0.15) is 0 Å². The molecule has 0 amide bonds. The Labute approximate surface area is 68.4 Å². The molecular weight excluding hydrogens is 138 g/mol. The molecule has 2 bridgehead atoms. The third-order valence-electron chi connectivity index (χ3n) is 3.86. The first-order valence-electron chi connectivity index (χ1n) is 4.56. The van der Waals surface area contributed by atoms with Crippen molar-refractivity contribution in [1.82, 2.24) is 0 Å². The zero-order chi connectivity index (χ0) is 8.11. The predicted molar refractivity (Wildman–Crippen MR) is 44.1 cm³/mol. The van der Waals surface area contributed by atoms with Crippen LogP contribution in [0.25, 0.3) is 0 Å². The molecule has 3 aliphatic heterocycles. The zero-order valence-corrected chi connectivity index (χ0v) is 7.51. The molecule has 2 heteroatoms. The first-order chi connectivity index (χ1) is 5.04. The van der Waals surface area contributed by atoms with Crippen LogP contribution in [-0.4, -0.2) is 42.4 Å². The number of quaternary nitrogens is 1. The Balaban J connectivity index is 2.22. The van der Waals surface area contributed by atoms with E-state index in [1.165, 1.54) is 25.9 Å². The van der Waals surface area contributed by atoms with Gasteiger partial charge in [-0.25, -0.2) is 0 Å². The van der Waals surface area contributed by atoms with Gasteiger partial charge in [-0.3, -0.25) is 0 Å². The molecule has 3 aliphatic rings. The van der Waals surface area contributed by atoms with Crippen molar-refractivity contribution in [2.45, 2.75) is 25.9 Å². The molecule has 1 unspecified atom stereocenters. The van der Waals surface area contributed by atoms with Gasteiger partial charge in [0, 0.05) is 18.3 Å². The lowest BCUT2D eigenvalue weighted by molar-refractivity contribution is -0.931. The average Bonchev–Trinajstić information content (AvgIpc) is 1.94. The molecule has 11 heavy (non-hydrogen) atoms. The molecule has 3 fully saturated rings. The van der Waals surface area contributed by atoms with Crippen LogP contribution in [0.4, 0.5) is 0 Å². The highest BCUT2D eigenvalue weighted by atomic mass is 16.3. The number of piperidine rings is 3. The fraction of sp³-hybridized carbons (Fsp3) is 1.00. The summed E-state index contributed by atoms with van der Waals surface area (Å²) in [7, 11) is 2.27. The predicted octanol–water partition coefficient (Wildman–Crippen LogP) is 0.608. The van der Waals surface area contributed by atoms with Gasteiger partial charge >= 0.3 is 0 Å². The van der Waals surface area contributed by atoms with Crippen molar-refractivity contribution in [3.8, 4) is 0 Å². The second-order valence-corrected chi connectivity index (χ2v) is 4.92. The van der Waals surface area contributed by atoms with E-state index in [4.69, 9.17) is 0 Å². The highest BCUT2D eigenvalue weighted by Gasteiger charge is 2.50. The molecule has 0 aromatic carbocycles. The topological polar surface area (TPSA) is 20.2 Å². The van der Waals surface area contributed by atoms with E-state index in [0.29, 0.717) is 0 Å². The van der Waals surface area contributed by atoms with Crippen LogP contribution in [0.15, 0.2) is 0 Å². The number of hydrogen-bond donors (Lipinski definition) is 1. The van der Waals surface area contributed by atoms with Gasteiger partial charge < -0.3 is 9.59 Å². The van der Waals surface area contributed by atoms with Gasteiger partial charge in [-0.1, -0.05) is 6.92 Å². The quantitative estimate of drug-likeness (QED) is 0.509. The maximum Gasteiger partial charge on any atom is 0.109 e. The van der Waals surface area contributed by atoms with Gasteiger partial charge in [0.05, 0.1) is 20.1 Å². The maximum absolute atomic E-state index is 9.81. The summed E-state index contributed by atoms with van der Waals surface area (Å²) in [6.07, 6.45) is 2.38. The minimum absolute atomic E-state index is 0.0463. The largest absolute Gasteiger partial charge is 0.387 e. The molecule has 0 aromatic rings. The summed E-state index contributed by atoms with van der Waals surface area (Å²) in [4.78, 5) is 0. The van der Waals surface area contributed by atoms with Crippen molar-refractivity contribution in [1.29, 1.82) is 0 Å². The lowest BCUT2D eigenvalue weighted by Crippen LogP contribution is -2.65. The van der Waals surface area contributed by atoms with E-state index in [-0.39, 0.29) is 11.5 Å². The number of fused-ring (bicyclic) bond motifs is 3. The SMILES string of the molecule is CC12CC[N+](C)(CC1)CC2O. The lowest BCUT2D eigenvalue weighted by atomic mass is 9.70. The van der Waals surface area contributed by atoms with Crippen molar-refractivity contribution in [2.75, 3.05) is 26.7 Å². The van der Waals surface area contributed by atoms with E-state index < -0.39 is 0 Å². The summed E-state index contributed by atoms with van der Waals surface area (Å²) in [5.41, 5.74) is 0.260. The molecule has 0 spiro atoms. The molecule has 3 heterocycles. The fourth-order valence-corrected chi connectivity index (χ4v) is 2.44. The van der Waals surface area contributed by atoms with Crippen LogP contribution < -0.4 is 0 Å². The van der Waals surface area contributed by atoms with Crippen molar-refractivity contribution in [3.63, 3.8) is 0 Å². The summed E-state index contributed by atoms with van der Waals surface area (Å²) < 4.78 is 1.11. The van der Waals surface area contributed by atoms with E-state index in [9.17, 15) is 5.11 Å². The number of aliphatic hydroxyl groups is 1. The third kappa shape index (κ3) is 1.00. The van der Waals surface area contributed by atoms with Crippen LogP contribution in [-0.2, 0) is 0 Å². The first kappa shape index (κ1) is 7.56. The number of aliphatic hydroxyl groups excluding tert-OH is 1. The first-order valence-corrected chi connectivity index (χ1v) is 4.56. The number of hydrogen-bond acceptors (Lipinski definition) is 1. The van der Waals surface area contributed by atoms with Crippen LogP contribution in [0.2, 0.25) is 0 Å². The van der Waals surface area contributed by atoms with Gasteiger partial charge in [0.1, 0.15) is 12.6 Å². The fourth-order valence-electron chi connectivity index (χ4n) is 2.44. The third-order valence-corrected chi connectivity index (χ3v) is 3.86.